The molecule has 1 aromatic carbocycles. The lowest BCUT2D eigenvalue weighted by Crippen LogP contribution is -2.36. The predicted octanol–water partition coefficient (Wildman–Crippen LogP) is 3.39. The lowest BCUT2D eigenvalue weighted by molar-refractivity contribution is 0.307. The molecule has 1 aromatic rings. The van der Waals surface area contributed by atoms with Crippen molar-refractivity contribution in [3.63, 3.8) is 0 Å². The molecule has 1 nitrogen and oxygen atoms in total. The van der Waals surface area contributed by atoms with Gasteiger partial charge in [-0.1, -0.05) is 32.9 Å². The van der Waals surface area contributed by atoms with E-state index in [1.807, 2.05) is 7.05 Å². The van der Waals surface area contributed by atoms with Crippen molar-refractivity contribution in [3.05, 3.63) is 35.4 Å². The number of nitrogens with one attached hydrogen (secondary N) is 1. The lowest BCUT2D eigenvalue weighted by atomic mass is 9.86. The summed E-state index contributed by atoms with van der Waals surface area (Å²) in [5.74, 6) is -0.579. The fourth-order valence-electron chi connectivity index (χ4n) is 1.96. The van der Waals surface area contributed by atoms with E-state index in [0.29, 0.717) is 23.8 Å². The maximum atomic E-state index is 13.6. The first-order valence-electron chi connectivity index (χ1n) is 6.07. The van der Waals surface area contributed by atoms with Gasteiger partial charge in [0.25, 0.3) is 0 Å². The summed E-state index contributed by atoms with van der Waals surface area (Å²) >= 11 is 0. The van der Waals surface area contributed by atoms with Crippen molar-refractivity contribution in [1.29, 1.82) is 0 Å². The summed E-state index contributed by atoms with van der Waals surface area (Å²) in [6, 6.07) is 4.52. The minimum atomic E-state index is -0.769. The van der Waals surface area contributed by atoms with Crippen molar-refractivity contribution >= 4 is 0 Å². The van der Waals surface area contributed by atoms with Crippen LogP contribution in [0.1, 0.15) is 26.3 Å². The van der Waals surface area contributed by atoms with Crippen molar-refractivity contribution in [2.75, 3.05) is 7.05 Å². The second-order valence-corrected chi connectivity index (χ2v) is 4.92. The fraction of sp³-hybridized carbons (Fsp3) is 0.571. The van der Waals surface area contributed by atoms with Crippen LogP contribution in [0, 0.1) is 23.5 Å². The average molecular weight is 241 g/mol. The van der Waals surface area contributed by atoms with Gasteiger partial charge in [0.1, 0.15) is 0 Å². The molecule has 0 saturated carbocycles. The predicted molar refractivity (Wildman–Crippen MR) is 66.9 cm³/mol. The topological polar surface area (TPSA) is 12.0 Å². The van der Waals surface area contributed by atoms with E-state index in [2.05, 4.69) is 26.1 Å². The minimum Gasteiger partial charge on any atom is -0.316 e. The molecule has 0 aromatic heterocycles. The molecule has 3 heteroatoms. The summed E-state index contributed by atoms with van der Waals surface area (Å²) in [5.41, 5.74) is 0.442. The highest BCUT2D eigenvalue weighted by molar-refractivity contribution is 5.20. The van der Waals surface area contributed by atoms with Crippen molar-refractivity contribution in [2.24, 2.45) is 11.8 Å². The zero-order valence-electron chi connectivity index (χ0n) is 10.9. The number of hydrogen-bond acceptors (Lipinski definition) is 1. The third kappa shape index (κ3) is 3.50. The van der Waals surface area contributed by atoms with Crippen LogP contribution in [0.15, 0.2) is 18.2 Å². The monoisotopic (exact) mass is 241 g/mol. The first-order chi connectivity index (χ1) is 7.97. The summed E-state index contributed by atoms with van der Waals surface area (Å²) < 4.78 is 26.7. The van der Waals surface area contributed by atoms with E-state index in [0.717, 1.165) is 6.07 Å². The number of rotatable bonds is 5. The first-order valence-corrected chi connectivity index (χ1v) is 6.07. The van der Waals surface area contributed by atoms with Crippen LogP contribution in [0.5, 0.6) is 0 Å². The quantitative estimate of drug-likeness (QED) is 0.833. The molecule has 2 unspecified atom stereocenters. The minimum absolute atomic E-state index is 0.159. The molecule has 17 heavy (non-hydrogen) atoms. The number of halogens is 2. The van der Waals surface area contributed by atoms with Gasteiger partial charge in [0.15, 0.2) is 11.6 Å². The Hall–Kier alpha value is -0.960. The van der Waals surface area contributed by atoms with E-state index in [1.54, 1.807) is 12.1 Å². The van der Waals surface area contributed by atoms with E-state index in [-0.39, 0.29) is 6.04 Å². The lowest BCUT2D eigenvalue weighted by Gasteiger charge is -2.27. The van der Waals surface area contributed by atoms with E-state index in [9.17, 15) is 8.78 Å². The molecule has 0 aliphatic rings. The summed E-state index contributed by atoms with van der Waals surface area (Å²) in [7, 11) is 1.86. The van der Waals surface area contributed by atoms with Crippen LogP contribution >= 0.6 is 0 Å². The maximum Gasteiger partial charge on any atom is 0.162 e. The van der Waals surface area contributed by atoms with Gasteiger partial charge in [0, 0.05) is 6.04 Å². The molecule has 0 amide bonds. The van der Waals surface area contributed by atoms with Gasteiger partial charge < -0.3 is 5.32 Å². The van der Waals surface area contributed by atoms with Crippen LogP contribution in [-0.4, -0.2) is 13.1 Å². The summed E-state index contributed by atoms with van der Waals surface area (Å²) in [4.78, 5) is 0. The number of benzene rings is 1. The van der Waals surface area contributed by atoms with Crippen molar-refractivity contribution < 1.29 is 8.78 Å². The maximum absolute atomic E-state index is 13.6. The molecular formula is C14H21F2N. The summed E-state index contributed by atoms with van der Waals surface area (Å²) in [6.07, 6.45) is 0.513. The average Bonchev–Trinajstić information content (AvgIpc) is 2.30. The van der Waals surface area contributed by atoms with Crippen LogP contribution < -0.4 is 5.32 Å². The Kier molecular flexibility index (Phi) is 5.06. The highest BCUT2D eigenvalue weighted by Gasteiger charge is 2.20. The Bertz CT molecular complexity index is 363. The number of likely N-dealkylation sites (N-methyl/N-ethyl adjacent to an activating group) is 1. The molecule has 1 N–H and O–H groups in total. The molecule has 0 fully saturated rings. The highest BCUT2D eigenvalue weighted by atomic mass is 19.2. The van der Waals surface area contributed by atoms with Gasteiger partial charge in [-0.25, -0.2) is 8.78 Å². The smallest absolute Gasteiger partial charge is 0.162 e. The number of hydrogen-bond donors (Lipinski definition) is 1. The second-order valence-electron chi connectivity index (χ2n) is 4.92. The van der Waals surface area contributed by atoms with Crippen LogP contribution in [0.4, 0.5) is 8.78 Å². The molecule has 0 saturated heterocycles. The van der Waals surface area contributed by atoms with Gasteiger partial charge in [-0.2, -0.15) is 0 Å². The Labute approximate surface area is 102 Å². The van der Waals surface area contributed by atoms with Gasteiger partial charge in [-0.3, -0.25) is 0 Å². The van der Waals surface area contributed by atoms with Crippen LogP contribution in [0.2, 0.25) is 0 Å². The Morgan fingerprint density at radius 2 is 1.82 bits per heavy atom. The Balaban J connectivity index is 2.84. The van der Waals surface area contributed by atoms with Crippen molar-refractivity contribution in [1.82, 2.24) is 5.32 Å². The van der Waals surface area contributed by atoms with Gasteiger partial charge in [0.2, 0.25) is 0 Å². The molecule has 0 heterocycles. The molecule has 0 aliphatic carbocycles. The highest BCUT2D eigenvalue weighted by Crippen LogP contribution is 2.20. The zero-order valence-corrected chi connectivity index (χ0v) is 10.9. The van der Waals surface area contributed by atoms with Crippen molar-refractivity contribution in [3.8, 4) is 0 Å². The van der Waals surface area contributed by atoms with E-state index in [1.165, 1.54) is 0 Å². The molecule has 0 spiro atoms. The molecule has 0 radical (unpaired) electrons. The van der Waals surface area contributed by atoms with Gasteiger partial charge in [-0.15, -0.1) is 0 Å². The van der Waals surface area contributed by atoms with Gasteiger partial charge in [0.05, 0.1) is 0 Å². The zero-order chi connectivity index (χ0) is 13.0. The molecule has 1 rings (SSSR count). The van der Waals surface area contributed by atoms with Crippen LogP contribution in [-0.2, 0) is 6.42 Å². The van der Waals surface area contributed by atoms with Gasteiger partial charge >= 0.3 is 0 Å². The second kappa shape index (κ2) is 6.10. The van der Waals surface area contributed by atoms with E-state index in [4.69, 9.17) is 0 Å². The normalized spacial score (nSPS) is 15.0. The third-order valence-electron chi connectivity index (χ3n) is 3.53. The summed E-state index contributed by atoms with van der Waals surface area (Å²) in [6.45, 7) is 6.40. The largest absolute Gasteiger partial charge is 0.316 e. The standard InChI is InChI=1S/C14H21F2N/c1-9(2)10(3)13(17-4)8-11-6-5-7-12(15)14(11)16/h5-7,9-10,13,17H,8H2,1-4H3. The molecule has 96 valence electrons. The Morgan fingerprint density at radius 3 is 2.35 bits per heavy atom. The van der Waals surface area contributed by atoms with Crippen LogP contribution in [0.25, 0.3) is 0 Å². The van der Waals surface area contributed by atoms with Crippen molar-refractivity contribution in [2.45, 2.75) is 33.2 Å². The Morgan fingerprint density at radius 1 is 1.18 bits per heavy atom. The first kappa shape index (κ1) is 14.1. The van der Waals surface area contributed by atoms with Gasteiger partial charge in [-0.05, 0) is 36.9 Å². The summed E-state index contributed by atoms with van der Waals surface area (Å²) in [5, 5.41) is 3.19. The van der Waals surface area contributed by atoms with E-state index < -0.39 is 11.6 Å². The third-order valence-corrected chi connectivity index (χ3v) is 3.53. The van der Waals surface area contributed by atoms with E-state index >= 15 is 0 Å². The molecule has 2 atom stereocenters. The molecular weight excluding hydrogens is 220 g/mol. The molecule has 0 bridgehead atoms. The van der Waals surface area contributed by atoms with Crippen LogP contribution in [0.3, 0.4) is 0 Å². The SMILES string of the molecule is CNC(Cc1cccc(F)c1F)C(C)C(C)C. The molecule has 0 aliphatic heterocycles. The fourth-order valence-corrected chi connectivity index (χ4v) is 1.96.